The highest BCUT2D eigenvalue weighted by Crippen LogP contribution is 2.23. The number of likely N-dealkylation sites (N-methyl/N-ethyl adjacent to an activating group) is 1. The van der Waals surface area contributed by atoms with Gasteiger partial charge in [-0.25, -0.2) is 0 Å². The van der Waals surface area contributed by atoms with Crippen molar-refractivity contribution in [3.8, 4) is 0 Å². The first-order valence-electron chi connectivity index (χ1n) is 10.6. The van der Waals surface area contributed by atoms with Crippen LogP contribution in [-0.4, -0.2) is 77.5 Å². The van der Waals surface area contributed by atoms with Gasteiger partial charge in [0, 0.05) is 56.4 Å². The van der Waals surface area contributed by atoms with Gasteiger partial charge in [-0.15, -0.1) is 0 Å². The number of hydrogen-bond acceptors (Lipinski definition) is 6. The Morgan fingerprint density at radius 2 is 1.93 bits per heavy atom. The van der Waals surface area contributed by atoms with E-state index in [-0.39, 0.29) is 12.1 Å². The predicted octanol–water partition coefficient (Wildman–Crippen LogP) is 1.94. The monoisotopic (exact) mass is 385 g/mol. The number of aliphatic hydroxyl groups is 1. The number of nitrogens with two attached hydrogens (primary N) is 1. The third-order valence-electron chi connectivity index (χ3n) is 6.01. The molecular weight excluding hydrogens is 350 g/mol. The van der Waals surface area contributed by atoms with Crippen LogP contribution in [0.5, 0.6) is 0 Å². The van der Waals surface area contributed by atoms with Gasteiger partial charge in [0.1, 0.15) is 0 Å². The molecule has 28 heavy (non-hydrogen) atoms. The van der Waals surface area contributed by atoms with Gasteiger partial charge in [-0.05, 0) is 57.7 Å². The lowest BCUT2D eigenvalue weighted by Crippen LogP contribution is -2.45. The first kappa shape index (κ1) is 21.0. The summed E-state index contributed by atoms with van der Waals surface area (Å²) in [6.45, 7) is 7.70. The van der Waals surface area contributed by atoms with Crippen molar-refractivity contribution in [2.75, 3.05) is 39.8 Å². The lowest BCUT2D eigenvalue weighted by molar-refractivity contribution is 0.123. The second-order valence-corrected chi connectivity index (χ2v) is 8.20. The molecule has 0 atom stereocenters. The average Bonchev–Trinajstić information content (AvgIpc) is 2.71. The summed E-state index contributed by atoms with van der Waals surface area (Å²) in [5.41, 5.74) is 9.87. The van der Waals surface area contributed by atoms with Crippen LogP contribution in [0.25, 0.3) is 5.57 Å². The number of pyridine rings is 1. The van der Waals surface area contributed by atoms with Crippen molar-refractivity contribution in [3.63, 3.8) is 0 Å². The zero-order valence-corrected chi connectivity index (χ0v) is 17.3. The lowest BCUT2D eigenvalue weighted by Gasteiger charge is -2.32. The summed E-state index contributed by atoms with van der Waals surface area (Å²) in [6, 6.07) is 4.49. The maximum atomic E-state index is 9.66. The Labute approximate surface area is 169 Å². The van der Waals surface area contributed by atoms with E-state index in [4.69, 9.17) is 10.7 Å². The van der Waals surface area contributed by atoms with Crippen LogP contribution in [0, 0.1) is 0 Å². The van der Waals surface area contributed by atoms with Gasteiger partial charge in [-0.2, -0.15) is 0 Å². The second kappa shape index (κ2) is 10.1. The number of allylic oxidation sites excluding steroid dienone is 1. The first-order valence-corrected chi connectivity index (χ1v) is 10.6. The van der Waals surface area contributed by atoms with Crippen molar-refractivity contribution >= 4 is 11.3 Å². The van der Waals surface area contributed by atoms with E-state index < -0.39 is 0 Å². The smallest absolute Gasteiger partial charge is 0.0734 e. The molecule has 0 spiro atoms. The molecule has 3 rings (SSSR count). The minimum Gasteiger partial charge on any atom is -0.404 e. The fourth-order valence-corrected chi connectivity index (χ4v) is 4.01. The van der Waals surface area contributed by atoms with Crippen molar-refractivity contribution in [1.82, 2.24) is 14.8 Å². The molecule has 0 radical (unpaired) electrons. The van der Waals surface area contributed by atoms with Crippen LogP contribution >= 0.6 is 0 Å². The maximum absolute atomic E-state index is 9.66. The molecule has 3 N–H and O–H groups in total. The summed E-state index contributed by atoms with van der Waals surface area (Å²) < 4.78 is 0. The molecule has 0 aromatic carbocycles. The molecule has 0 unspecified atom stereocenters. The van der Waals surface area contributed by atoms with E-state index in [9.17, 15) is 5.11 Å². The number of aliphatic hydroxyl groups excluding tert-OH is 1. The molecule has 1 aromatic rings. The summed E-state index contributed by atoms with van der Waals surface area (Å²) >= 11 is 0. The number of aromatic nitrogens is 1. The van der Waals surface area contributed by atoms with Gasteiger partial charge in [0.2, 0.25) is 0 Å². The predicted molar refractivity (Wildman–Crippen MR) is 115 cm³/mol. The fraction of sp³-hybridized carbons (Fsp3) is 0.636. The quantitative estimate of drug-likeness (QED) is 0.732. The summed E-state index contributed by atoms with van der Waals surface area (Å²) in [5, 5.41) is 9.66. The van der Waals surface area contributed by atoms with Crippen molar-refractivity contribution < 1.29 is 5.11 Å². The van der Waals surface area contributed by atoms with E-state index in [0.717, 1.165) is 81.8 Å². The summed E-state index contributed by atoms with van der Waals surface area (Å²) in [7, 11) is 2.19. The van der Waals surface area contributed by atoms with Crippen LogP contribution in [0.15, 0.2) is 29.5 Å². The lowest BCUT2D eigenvalue weighted by atomic mass is 9.93. The van der Waals surface area contributed by atoms with Gasteiger partial charge < -0.3 is 20.6 Å². The molecule has 6 nitrogen and oxygen atoms in total. The maximum Gasteiger partial charge on any atom is 0.0734 e. The molecule has 6 heteroatoms. The Morgan fingerprint density at radius 3 is 2.54 bits per heavy atom. The summed E-state index contributed by atoms with van der Waals surface area (Å²) in [5.74, 6) is 0. The van der Waals surface area contributed by atoms with Gasteiger partial charge in [0.25, 0.3) is 0 Å². The molecule has 1 saturated carbocycles. The van der Waals surface area contributed by atoms with Crippen LogP contribution in [-0.2, 0) is 6.42 Å². The fourth-order valence-electron chi connectivity index (χ4n) is 4.01. The standard InChI is InChI=1S/C22H35N5O/c1-17(25-19-4-6-20(28)7-5-19)21(15-23)22-8-3-18(16-24-22)9-10-27-13-11-26(2)12-14-27/h3,8,15-16,19-20,28H,4-7,9-14,23H2,1-2H3/b21-15+,25-17?. The molecule has 154 valence electrons. The minimum atomic E-state index is -0.156. The molecule has 1 aliphatic carbocycles. The number of hydrogen-bond donors (Lipinski definition) is 2. The van der Waals surface area contributed by atoms with Crippen molar-refractivity contribution in [2.45, 2.75) is 51.2 Å². The zero-order valence-electron chi connectivity index (χ0n) is 17.3. The molecule has 1 aliphatic heterocycles. The largest absolute Gasteiger partial charge is 0.404 e. The Balaban J connectivity index is 1.56. The van der Waals surface area contributed by atoms with Gasteiger partial charge in [-0.1, -0.05) is 6.07 Å². The Morgan fingerprint density at radius 1 is 1.21 bits per heavy atom. The SMILES string of the molecule is CC(=NC1CCC(O)CC1)/C(=C\N)c1ccc(CCN2CCN(C)CC2)cn1. The zero-order chi connectivity index (χ0) is 19.9. The number of piperazine rings is 1. The Kier molecular flexibility index (Phi) is 7.59. The summed E-state index contributed by atoms with van der Waals surface area (Å²) in [4.78, 5) is 14.4. The van der Waals surface area contributed by atoms with Crippen molar-refractivity contribution in [1.29, 1.82) is 0 Å². The van der Waals surface area contributed by atoms with Crippen LogP contribution in [0.1, 0.15) is 43.9 Å². The highest BCUT2D eigenvalue weighted by atomic mass is 16.3. The van der Waals surface area contributed by atoms with Crippen molar-refractivity contribution in [3.05, 3.63) is 35.8 Å². The number of rotatable bonds is 6. The third-order valence-corrected chi connectivity index (χ3v) is 6.01. The second-order valence-electron chi connectivity index (χ2n) is 8.20. The molecule has 1 saturated heterocycles. The van der Waals surface area contributed by atoms with Crippen LogP contribution in [0.2, 0.25) is 0 Å². The van der Waals surface area contributed by atoms with E-state index in [2.05, 4.69) is 34.0 Å². The summed E-state index contributed by atoms with van der Waals surface area (Å²) in [6.07, 6.45) is 8.01. The van der Waals surface area contributed by atoms with E-state index in [0.29, 0.717) is 0 Å². The van der Waals surface area contributed by atoms with Gasteiger partial charge in [0.15, 0.2) is 0 Å². The van der Waals surface area contributed by atoms with E-state index in [1.165, 1.54) is 5.56 Å². The topological polar surface area (TPSA) is 78.0 Å². The molecule has 2 aliphatic rings. The minimum absolute atomic E-state index is 0.156. The Bertz CT molecular complexity index is 669. The van der Waals surface area contributed by atoms with Crippen LogP contribution in [0.4, 0.5) is 0 Å². The third kappa shape index (κ3) is 5.87. The van der Waals surface area contributed by atoms with Crippen LogP contribution in [0.3, 0.4) is 0 Å². The molecule has 2 heterocycles. The van der Waals surface area contributed by atoms with Crippen LogP contribution < -0.4 is 5.73 Å². The molecular formula is C22H35N5O. The van der Waals surface area contributed by atoms with E-state index >= 15 is 0 Å². The normalized spacial score (nSPS) is 25.8. The number of aliphatic imine (C=N–C) groups is 1. The van der Waals surface area contributed by atoms with E-state index in [1.807, 2.05) is 13.1 Å². The highest BCUT2D eigenvalue weighted by molar-refractivity contribution is 6.22. The van der Waals surface area contributed by atoms with Crippen molar-refractivity contribution in [2.24, 2.45) is 10.7 Å². The molecule has 0 bridgehead atoms. The van der Waals surface area contributed by atoms with Gasteiger partial charge in [0.05, 0.1) is 17.8 Å². The average molecular weight is 386 g/mol. The number of nitrogens with zero attached hydrogens (tertiary/aromatic N) is 4. The van der Waals surface area contributed by atoms with Gasteiger partial charge >= 0.3 is 0 Å². The molecule has 0 amide bonds. The molecule has 2 fully saturated rings. The van der Waals surface area contributed by atoms with Gasteiger partial charge in [-0.3, -0.25) is 9.98 Å². The molecule has 1 aromatic heterocycles. The first-order chi connectivity index (χ1) is 13.5. The highest BCUT2D eigenvalue weighted by Gasteiger charge is 2.19. The Hall–Kier alpha value is -1.76. The van der Waals surface area contributed by atoms with E-state index in [1.54, 1.807) is 6.20 Å².